The average Bonchev–Trinajstić information content (AvgIpc) is 2.93. The molecule has 18 heavy (non-hydrogen) atoms. The van der Waals surface area contributed by atoms with Gasteiger partial charge in [0, 0.05) is 26.9 Å². The molecule has 0 fully saturated rings. The first-order valence-corrected chi connectivity index (χ1v) is 6.77. The van der Waals surface area contributed by atoms with Crippen molar-refractivity contribution in [2.24, 2.45) is 0 Å². The van der Waals surface area contributed by atoms with E-state index in [0.29, 0.717) is 5.92 Å². The van der Waals surface area contributed by atoms with Gasteiger partial charge in [0.05, 0.1) is 6.61 Å². The molecule has 0 bridgehead atoms. The Balaban J connectivity index is 0.00000133. The Morgan fingerprint density at radius 2 is 2.39 bits per heavy atom. The summed E-state index contributed by atoms with van der Waals surface area (Å²) in [5.41, 5.74) is 4.44. The number of benzene rings is 1. The number of carbonyl (C=O) groups is 1. The highest BCUT2D eigenvalue weighted by Crippen LogP contribution is 2.42. The van der Waals surface area contributed by atoms with Crippen LogP contribution in [0, 0.1) is 0 Å². The predicted octanol–water partition coefficient (Wildman–Crippen LogP) is 2.42. The number of aryl methyl sites for hydroxylation is 1. The molecule has 1 heterocycles. The summed E-state index contributed by atoms with van der Waals surface area (Å²) in [4.78, 5) is 10.9. The molecule has 98 valence electrons. The zero-order chi connectivity index (χ0) is 12.5. The first-order valence-electron chi connectivity index (χ1n) is 6.77. The molecule has 0 radical (unpaired) electrons. The van der Waals surface area contributed by atoms with Crippen LogP contribution in [0.25, 0.3) is 0 Å². The van der Waals surface area contributed by atoms with Gasteiger partial charge in [0.25, 0.3) is 0 Å². The summed E-state index contributed by atoms with van der Waals surface area (Å²) in [5.74, 6) is 1.75. The van der Waals surface area contributed by atoms with E-state index in [4.69, 9.17) is 4.74 Å². The van der Waals surface area contributed by atoms with Crippen molar-refractivity contribution in [3.05, 3.63) is 28.8 Å². The smallest absolute Gasteiger partial charge is 0.216 e. The first-order chi connectivity index (χ1) is 8.75. The van der Waals surface area contributed by atoms with Crippen LogP contribution in [0.5, 0.6) is 5.75 Å². The zero-order valence-electron chi connectivity index (χ0n) is 10.8. The maximum Gasteiger partial charge on any atom is 0.216 e. The van der Waals surface area contributed by atoms with E-state index in [9.17, 15) is 4.79 Å². The van der Waals surface area contributed by atoms with Crippen LogP contribution < -0.4 is 10.1 Å². The molecule has 3 nitrogen and oxygen atoms in total. The molecular formula is C15H21NO2. The molecule has 0 aromatic heterocycles. The monoisotopic (exact) mass is 247 g/mol. The lowest BCUT2D eigenvalue weighted by molar-refractivity contribution is -0.118. The molecule has 1 atom stereocenters. The van der Waals surface area contributed by atoms with E-state index < -0.39 is 0 Å². The number of hydrogen-bond donors (Lipinski definition) is 1. The van der Waals surface area contributed by atoms with Gasteiger partial charge in [0.1, 0.15) is 5.75 Å². The second-order valence-corrected chi connectivity index (χ2v) is 5.22. The quantitative estimate of drug-likeness (QED) is 0.891. The summed E-state index contributed by atoms with van der Waals surface area (Å²) in [5, 5.41) is 2.90. The second-order valence-electron chi connectivity index (χ2n) is 5.22. The van der Waals surface area contributed by atoms with Gasteiger partial charge in [-0.2, -0.15) is 0 Å². The minimum absolute atomic E-state index is 0. The molecule has 3 heteroatoms. The molecular weight excluding hydrogens is 226 g/mol. The largest absolute Gasteiger partial charge is 0.493 e. The Morgan fingerprint density at radius 3 is 3.22 bits per heavy atom. The third-order valence-electron chi connectivity index (χ3n) is 4.05. The van der Waals surface area contributed by atoms with Gasteiger partial charge >= 0.3 is 0 Å². The lowest BCUT2D eigenvalue weighted by Crippen LogP contribution is -2.22. The van der Waals surface area contributed by atoms with Gasteiger partial charge < -0.3 is 10.1 Å². The summed E-state index contributed by atoms with van der Waals surface area (Å²) in [7, 11) is 0. The van der Waals surface area contributed by atoms with Crippen LogP contribution in [-0.4, -0.2) is 19.1 Å². The number of rotatable bonds is 3. The molecule has 2 aliphatic rings. The van der Waals surface area contributed by atoms with Crippen molar-refractivity contribution in [1.82, 2.24) is 5.32 Å². The normalized spacial score (nSPS) is 20.2. The van der Waals surface area contributed by atoms with Crippen molar-refractivity contribution in [3.63, 3.8) is 0 Å². The lowest BCUT2D eigenvalue weighted by Gasteiger charge is -2.14. The number of ether oxygens (including phenoxy) is 1. The fraction of sp³-hybridized carbons (Fsp3) is 0.533. The lowest BCUT2D eigenvalue weighted by atomic mass is 9.92. The highest BCUT2D eigenvalue weighted by atomic mass is 16.5. The maximum absolute atomic E-state index is 10.9. The fourth-order valence-corrected chi connectivity index (χ4v) is 3.26. The Kier molecular flexibility index (Phi) is 2.98. The molecule has 0 saturated heterocycles. The van der Waals surface area contributed by atoms with Gasteiger partial charge in [0.2, 0.25) is 5.91 Å². The third kappa shape index (κ3) is 1.98. The second kappa shape index (κ2) is 4.63. The van der Waals surface area contributed by atoms with E-state index in [-0.39, 0.29) is 7.33 Å². The predicted molar refractivity (Wildman–Crippen MR) is 72.1 cm³/mol. The minimum Gasteiger partial charge on any atom is -0.493 e. The summed E-state index contributed by atoms with van der Waals surface area (Å²) in [6.07, 6.45) is 4.48. The molecule has 1 aliphatic carbocycles. The number of amides is 1. The molecule has 1 aromatic rings. The Hall–Kier alpha value is -1.51. The van der Waals surface area contributed by atoms with Gasteiger partial charge in [-0.15, -0.1) is 0 Å². The van der Waals surface area contributed by atoms with Crippen LogP contribution in [0.1, 0.15) is 43.8 Å². The number of nitrogens with one attached hydrogen (secondary N) is 1. The fourth-order valence-electron chi connectivity index (χ4n) is 3.26. The molecule has 1 aliphatic heterocycles. The number of fused-ring (bicyclic) bond motifs is 3. The molecule has 1 aromatic carbocycles. The van der Waals surface area contributed by atoms with E-state index in [1.807, 2.05) is 0 Å². The molecule has 0 spiro atoms. The third-order valence-corrected chi connectivity index (χ3v) is 4.05. The highest BCUT2D eigenvalue weighted by Gasteiger charge is 2.28. The van der Waals surface area contributed by atoms with Crippen molar-refractivity contribution < 1.29 is 11.0 Å². The molecule has 1 amide bonds. The Labute approximate surface area is 109 Å². The maximum atomic E-state index is 10.9. The topological polar surface area (TPSA) is 38.3 Å². The van der Waals surface area contributed by atoms with E-state index in [0.717, 1.165) is 31.7 Å². The van der Waals surface area contributed by atoms with Crippen molar-refractivity contribution in [2.75, 3.05) is 13.2 Å². The average molecular weight is 247 g/mol. The molecule has 3 rings (SSSR count). The van der Waals surface area contributed by atoms with Crippen molar-refractivity contribution >= 4 is 5.91 Å². The van der Waals surface area contributed by atoms with Gasteiger partial charge in [0.15, 0.2) is 0 Å². The SMILES string of the molecule is CC(=O)NCC[C@@H]1CCc2ccc3c(c21)CCO3.[HH]. The molecule has 0 unspecified atom stereocenters. The summed E-state index contributed by atoms with van der Waals surface area (Å²) >= 11 is 0. The summed E-state index contributed by atoms with van der Waals surface area (Å²) in [6, 6.07) is 4.34. The van der Waals surface area contributed by atoms with Gasteiger partial charge in [-0.25, -0.2) is 0 Å². The van der Waals surface area contributed by atoms with Crippen LogP contribution in [0.2, 0.25) is 0 Å². The van der Waals surface area contributed by atoms with E-state index in [1.165, 1.54) is 29.5 Å². The van der Waals surface area contributed by atoms with Gasteiger partial charge in [-0.1, -0.05) is 6.07 Å². The molecule has 1 N–H and O–H groups in total. The summed E-state index contributed by atoms with van der Waals surface area (Å²) in [6.45, 7) is 3.18. The van der Waals surface area contributed by atoms with Crippen LogP contribution in [0.4, 0.5) is 0 Å². The Bertz CT molecular complexity index is 487. The Morgan fingerprint density at radius 1 is 1.50 bits per heavy atom. The molecule has 0 saturated carbocycles. The van der Waals surface area contributed by atoms with Crippen molar-refractivity contribution in [3.8, 4) is 5.75 Å². The van der Waals surface area contributed by atoms with Crippen molar-refractivity contribution in [2.45, 2.75) is 38.5 Å². The van der Waals surface area contributed by atoms with E-state index in [2.05, 4.69) is 17.4 Å². The zero-order valence-corrected chi connectivity index (χ0v) is 10.8. The highest BCUT2D eigenvalue weighted by molar-refractivity contribution is 5.72. The van der Waals surface area contributed by atoms with E-state index in [1.54, 1.807) is 6.92 Å². The minimum atomic E-state index is 0. The summed E-state index contributed by atoms with van der Waals surface area (Å²) < 4.78 is 5.65. The first kappa shape index (κ1) is 11.6. The van der Waals surface area contributed by atoms with Gasteiger partial charge in [-0.05, 0) is 42.4 Å². The van der Waals surface area contributed by atoms with Crippen LogP contribution in [0.3, 0.4) is 0 Å². The van der Waals surface area contributed by atoms with Crippen LogP contribution >= 0.6 is 0 Å². The van der Waals surface area contributed by atoms with E-state index >= 15 is 0 Å². The van der Waals surface area contributed by atoms with Gasteiger partial charge in [-0.3, -0.25) is 4.79 Å². The van der Waals surface area contributed by atoms with Crippen LogP contribution in [-0.2, 0) is 17.6 Å². The van der Waals surface area contributed by atoms with Crippen LogP contribution in [0.15, 0.2) is 12.1 Å². The standard InChI is InChI=1S/C15H19NO2.H2/c1-10(17)16-8-6-12-3-2-11-4-5-14-13(15(11)12)7-9-18-14;/h4-5,12H,2-3,6-9H2,1H3,(H,16,17);1H/t12-;/m0./s1. The number of carbonyl (C=O) groups excluding carboxylic acids is 1. The number of hydrogen-bond acceptors (Lipinski definition) is 2. The van der Waals surface area contributed by atoms with Crippen molar-refractivity contribution in [1.29, 1.82) is 0 Å².